The van der Waals surface area contributed by atoms with Gasteiger partial charge in [0.1, 0.15) is 17.5 Å². The normalized spacial score (nSPS) is 24.6. The number of carbonyl (C=O) groups is 3. The van der Waals surface area contributed by atoms with Crippen molar-refractivity contribution in [3.05, 3.63) is 41.5 Å². The first kappa shape index (κ1) is 18.1. The van der Waals surface area contributed by atoms with E-state index in [0.29, 0.717) is 18.5 Å². The Bertz CT molecular complexity index is 992. The zero-order valence-electron chi connectivity index (χ0n) is 15.9. The molecule has 2 fully saturated rings. The van der Waals surface area contributed by atoms with Crippen LogP contribution >= 0.6 is 0 Å². The monoisotopic (exact) mass is 394 g/mol. The lowest BCUT2D eigenvalue weighted by molar-refractivity contribution is -0.136. The predicted molar refractivity (Wildman–Crippen MR) is 103 cm³/mol. The summed E-state index contributed by atoms with van der Waals surface area (Å²) < 4.78 is 5.73. The van der Waals surface area contributed by atoms with Crippen LogP contribution in [0.25, 0.3) is 11.3 Å². The molecule has 0 aliphatic carbocycles. The van der Waals surface area contributed by atoms with Gasteiger partial charge in [0.25, 0.3) is 5.91 Å². The van der Waals surface area contributed by atoms with Crippen LogP contribution in [0.3, 0.4) is 0 Å². The molecule has 2 saturated heterocycles. The zero-order chi connectivity index (χ0) is 20.0. The Hall–Kier alpha value is -3.00. The minimum atomic E-state index is -0.605. The lowest BCUT2D eigenvalue weighted by atomic mass is 9.93. The number of aromatic nitrogens is 1. The highest BCUT2D eigenvalue weighted by molar-refractivity contribution is 6.05. The summed E-state index contributed by atoms with van der Waals surface area (Å²) >= 11 is 0. The van der Waals surface area contributed by atoms with Crippen LogP contribution in [0, 0.1) is 0 Å². The largest absolute Gasteiger partial charge is 0.447 e. The highest BCUT2D eigenvalue weighted by atomic mass is 16.3. The fourth-order valence-electron chi connectivity index (χ4n) is 4.56. The summed E-state index contributed by atoms with van der Waals surface area (Å²) in [5, 5.41) is 5.73. The first-order chi connectivity index (χ1) is 14.1. The molecule has 4 heterocycles. The first-order valence-electron chi connectivity index (χ1n) is 10.0. The zero-order valence-corrected chi connectivity index (χ0v) is 15.9. The average Bonchev–Trinajstić information content (AvgIpc) is 3.34. The second-order valence-corrected chi connectivity index (χ2v) is 7.88. The number of carbonyl (C=O) groups excluding carboxylic acids is 3. The van der Waals surface area contributed by atoms with Crippen LogP contribution < -0.4 is 10.6 Å². The van der Waals surface area contributed by atoms with Crippen molar-refractivity contribution in [3.63, 3.8) is 0 Å². The molecule has 2 unspecified atom stereocenters. The molecule has 8 nitrogen and oxygen atoms in total. The maximum absolute atomic E-state index is 12.9. The first-order valence-corrected chi connectivity index (χ1v) is 10.0. The second-order valence-electron chi connectivity index (χ2n) is 7.88. The van der Waals surface area contributed by atoms with Gasteiger partial charge in [0.05, 0.1) is 0 Å². The van der Waals surface area contributed by atoms with Gasteiger partial charge >= 0.3 is 0 Å². The number of benzene rings is 1. The van der Waals surface area contributed by atoms with Gasteiger partial charge in [0.15, 0.2) is 6.39 Å². The quantitative estimate of drug-likeness (QED) is 0.766. The number of rotatable bonds is 3. The number of hydrogen-bond donors (Lipinski definition) is 2. The number of nitrogens with one attached hydrogen (secondary N) is 2. The molecule has 1 aromatic heterocycles. The van der Waals surface area contributed by atoms with Crippen molar-refractivity contribution in [2.75, 3.05) is 13.1 Å². The molecule has 3 aliphatic rings. The Kier molecular flexibility index (Phi) is 4.43. The molecule has 29 heavy (non-hydrogen) atoms. The molecule has 0 saturated carbocycles. The summed E-state index contributed by atoms with van der Waals surface area (Å²) in [4.78, 5) is 42.5. The van der Waals surface area contributed by atoms with Gasteiger partial charge in [-0.15, -0.1) is 0 Å². The number of hydrogen-bond acceptors (Lipinski definition) is 6. The van der Waals surface area contributed by atoms with E-state index in [9.17, 15) is 14.4 Å². The Labute approximate surface area is 167 Å². The number of piperidine rings is 2. The summed E-state index contributed by atoms with van der Waals surface area (Å²) in [5.41, 5.74) is 3.19. The van der Waals surface area contributed by atoms with Crippen molar-refractivity contribution in [2.45, 2.75) is 44.2 Å². The van der Waals surface area contributed by atoms with E-state index < -0.39 is 11.9 Å². The highest BCUT2D eigenvalue weighted by Gasteiger charge is 2.39. The van der Waals surface area contributed by atoms with E-state index >= 15 is 0 Å². The fraction of sp³-hybridized carbons (Fsp3) is 0.429. The van der Waals surface area contributed by atoms with Gasteiger partial charge in [-0.1, -0.05) is 6.07 Å². The molecule has 1 aromatic carbocycles. The van der Waals surface area contributed by atoms with E-state index in [1.807, 2.05) is 12.1 Å². The number of oxazole rings is 1. The molecule has 5 rings (SSSR count). The van der Waals surface area contributed by atoms with Crippen LogP contribution in [0.4, 0.5) is 0 Å². The van der Waals surface area contributed by atoms with Crippen molar-refractivity contribution in [2.24, 2.45) is 0 Å². The maximum Gasteiger partial charge on any atom is 0.255 e. The molecule has 3 amide bonds. The molecular formula is C21H22N4O4. The van der Waals surface area contributed by atoms with Crippen LogP contribution in [0.2, 0.25) is 0 Å². The van der Waals surface area contributed by atoms with Crippen LogP contribution in [0.15, 0.2) is 29.0 Å². The molecule has 8 heteroatoms. The van der Waals surface area contributed by atoms with Crippen molar-refractivity contribution in [3.8, 4) is 11.3 Å². The van der Waals surface area contributed by atoms with Crippen molar-refractivity contribution >= 4 is 17.7 Å². The Morgan fingerprint density at radius 1 is 1.17 bits per heavy atom. The minimum Gasteiger partial charge on any atom is -0.447 e. The summed E-state index contributed by atoms with van der Waals surface area (Å²) in [6, 6.07) is 5.06. The topological polar surface area (TPSA) is 105 Å². The van der Waals surface area contributed by atoms with Gasteiger partial charge in [-0.25, -0.2) is 4.98 Å². The highest BCUT2D eigenvalue weighted by Crippen LogP contribution is 2.35. The van der Waals surface area contributed by atoms with Crippen LogP contribution in [-0.2, 0) is 16.1 Å². The molecule has 150 valence electrons. The fourth-order valence-corrected chi connectivity index (χ4v) is 4.56. The molecular weight excluding hydrogens is 372 g/mol. The maximum atomic E-state index is 12.9. The van der Waals surface area contributed by atoms with Gasteiger partial charge in [0, 0.05) is 36.6 Å². The Balaban J connectivity index is 1.42. The molecule has 2 N–H and O–H groups in total. The van der Waals surface area contributed by atoms with E-state index in [1.165, 1.54) is 6.39 Å². The van der Waals surface area contributed by atoms with Crippen LogP contribution in [0.1, 0.15) is 53.3 Å². The van der Waals surface area contributed by atoms with E-state index in [0.717, 1.165) is 48.5 Å². The molecule has 0 bridgehead atoms. The Morgan fingerprint density at radius 2 is 2.07 bits per heavy atom. The van der Waals surface area contributed by atoms with Gasteiger partial charge < -0.3 is 14.6 Å². The molecule has 2 atom stereocenters. The standard InChI is InChI=1S/C21H22N4O4/c26-17-6-5-16(20(27)24-17)25-10-14-8-12(3-4-15(14)21(25)28)18-19(29-11-23-18)13-2-1-7-22-9-13/h3-4,8,11,13,16,22H,1-2,5-7,9-10H2,(H,24,26,27). The molecule has 3 aliphatic heterocycles. The van der Waals surface area contributed by atoms with Gasteiger partial charge in [-0.05, 0) is 43.5 Å². The van der Waals surface area contributed by atoms with E-state index in [4.69, 9.17) is 4.42 Å². The number of nitrogens with zero attached hydrogens (tertiary/aromatic N) is 2. The predicted octanol–water partition coefficient (Wildman–Crippen LogP) is 1.57. The minimum absolute atomic E-state index is 0.169. The number of fused-ring (bicyclic) bond motifs is 1. The van der Waals surface area contributed by atoms with Crippen LogP contribution in [0.5, 0.6) is 0 Å². The number of amides is 3. The SMILES string of the molecule is O=C1CCC(N2Cc3cc(-c4ncoc4C4CCCNC4)ccc3C2=O)C(=O)N1. The summed E-state index contributed by atoms with van der Waals surface area (Å²) in [7, 11) is 0. The lowest BCUT2D eigenvalue weighted by Crippen LogP contribution is -2.52. The van der Waals surface area contributed by atoms with Crippen molar-refractivity contribution in [1.29, 1.82) is 0 Å². The Morgan fingerprint density at radius 3 is 2.86 bits per heavy atom. The van der Waals surface area contributed by atoms with Crippen molar-refractivity contribution in [1.82, 2.24) is 20.5 Å². The summed E-state index contributed by atoms with van der Waals surface area (Å²) in [6.45, 7) is 2.25. The smallest absolute Gasteiger partial charge is 0.255 e. The third-order valence-corrected chi connectivity index (χ3v) is 6.06. The van der Waals surface area contributed by atoms with Gasteiger partial charge in [-0.2, -0.15) is 0 Å². The summed E-state index contributed by atoms with van der Waals surface area (Å²) in [6.07, 6.45) is 4.25. The number of imide groups is 1. The molecule has 0 radical (unpaired) electrons. The third kappa shape index (κ3) is 3.13. The molecule has 0 spiro atoms. The lowest BCUT2D eigenvalue weighted by Gasteiger charge is -2.29. The van der Waals surface area contributed by atoms with E-state index in [-0.39, 0.29) is 24.2 Å². The van der Waals surface area contributed by atoms with E-state index in [1.54, 1.807) is 11.0 Å². The molecule has 2 aromatic rings. The van der Waals surface area contributed by atoms with Gasteiger partial charge in [-0.3, -0.25) is 19.7 Å². The second kappa shape index (κ2) is 7.11. The summed E-state index contributed by atoms with van der Waals surface area (Å²) in [5.74, 6) is 0.317. The van der Waals surface area contributed by atoms with Crippen LogP contribution in [-0.4, -0.2) is 46.7 Å². The van der Waals surface area contributed by atoms with Gasteiger partial charge in [0.2, 0.25) is 11.8 Å². The van der Waals surface area contributed by atoms with Crippen molar-refractivity contribution < 1.29 is 18.8 Å². The third-order valence-electron chi connectivity index (χ3n) is 6.06. The van der Waals surface area contributed by atoms with E-state index in [2.05, 4.69) is 15.6 Å². The average molecular weight is 394 g/mol.